The lowest BCUT2D eigenvalue weighted by atomic mass is 9.93. The van der Waals surface area contributed by atoms with Gasteiger partial charge in [-0.05, 0) is 69.2 Å². The second kappa shape index (κ2) is 17.5. The van der Waals surface area contributed by atoms with E-state index < -0.39 is 0 Å². The van der Waals surface area contributed by atoms with Gasteiger partial charge in [0, 0.05) is 6.42 Å². The molecule has 1 fully saturated rings. The van der Waals surface area contributed by atoms with Crippen LogP contribution in [0.25, 0.3) is 0 Å². The molecule has 218 valence electrons. The third-order valence-corrected chi connectivity index (χ3v) is 7.63. The van der Waals surface area contributed by atoms with Crippen molar-refractivity contribution in [1.82, 2.24) is 4.90 Å². The highest BCUT2D eigenvalue weighted by Gasteiger charge is 2.38. The number of ketones is 1. The lowest BCUT2D eigenvalue weighted by Gasteiger charge is -2.43. The standard InChI is InChI=1S/C34H47NO5/c1-27(36)15-11-8-6-4-5-7-9-14-18-31-21-24-33(39-25-30-19-22-32(38-3)23-20-30)28(2)35(31)34(37)40-26-29-16-12-10-13-17-29/h10,12-14,16-20,22-23,28,31,33H,4-9,11,15,21,24-26H2,1-3H3/b18-14-/t28-,31-,33-/m1/s1. The van der Waals surface area contributed by atoms with Gasteiger partial charge in [0.2, 0.25) is 0 Å². The molecule has 6 nitrogen and oxygen atoms in total. The van der Waals surface area contributed by atoms with E-state index in [1.54, 1.807) is 14.0 Å². The molecule has 0 bridgehead atoms. The number of piperidine rings is 1. The highest BCUT2D eigenvalue weighted by atomic mass is 16.6. The van der Waals surface area contributed by atoms with Crippen molar-refractivity contribution in [1.29, 1.82) is 0 Å². The molecule has 0 aliphatic carbocycles. The van der Waals surface area contributed by atoms with Crippen LogP contribution in [0.15, 0.2) is 66.7 Å². The number of hydrogen-bond acceptors (Lipinski definition) is 5. The summed E-state index contributed by atoms with van der Waals surface area (Å²) in [5.74, 6) is 1.11. The topological polar surface area (TPSA) is 65.1 Å². The number of amides is 1. The van der Waals surface area contributed by atoms with Crippen molar-refractivity contribution in [3.63, 3.8) is 0 Å². The molecule has 6 heteroatoms. The second-order valence-corrected chi connectivity index (χ2v) is 10.8. The van der Waals surface area contributed by atoms with E-state index in [-0.39, 0.29) is 36.7 Å². The summed E-state index contributed by atoms with van der Waals surface area (Å²) in [7, 11) is 1.66. The number of Topliss-reactive ketones (excluding diaryl/α,β-unsaturated/α-hetero) is 1. The van der Waals surface area contributed by atoms with Crippen LogP contribution in [0, 0.1) is 0 Å². The SMILES string of the molecule is COc1ccc(CO[C@@H]2CC[C@@H](/C=C\CCCCCCCCC(C)=O)N(C(=O)OCc3ccccc3)[C@@H]2C)cc1. The Morgan fingerprint density at radius 1 is 0.875 bits per heavy atom. The van der Waals surface area contributed by atoms with Crippen LogP contribution < -0.4 is 4.74 Å². The van der Waals surface area contributed by atoms with Gasteiger partial charge < -0.3 is 19.0 Å². The van der Waals surface area contributed by atoms with Crippen molar-refractivity contribution in [2.75, 3.05) is 7.11 Å². The fourth-order valence-electron chi connectivity index (χ4n) is 5.23. The molecule has 2 aromatic rings. The molecule has 1 heterocycles. The summed E-state index contributed by atoms with van der Waals surface area (Å²) in [5, 5.41) is 0. The Kier molecular flexibility index (Phi) is 13.8. The van der Waals surface area contributed by atoms with E-state index in [0.717, 1.165) is 55.4 Å². The lowest BCUT2D eigenvalue weighted by Crippen LogP contribution is -2.54. The molecule has 1 amide bonds. The number of likely N-dealkylation sites (tertiary alicyclic amines) is 1. The fourth-order valence-corrected chi connectivity index (χ4v) is 5.23. The Morgan fingerprint density at radius 3 is 2.25 bits per heavy atom. The Labute approximate surface area is 240 Å². The molecule has 1 aliphatic heterocycles. The maximum Gasteiger partial charge on any atom is 0.410 e. The lowest BCUT2D eigenvalue weighted by molar-refractivity contribution is -0.117. The summed E-state index contributed by atoms with van der Waals surface area (Å²) in [4.78, 5) is 26.3. The van der Waals surface area contributed by atoms with Crippen molar-refractivity contribution in [2.24, 2.45) is 0 Å². The highest BCUT2D eigenvalue weighted by Crippen LogP contribution is 2.29. The Hall–Kier alpha value is -3.12. The maximum absolute atomic E-state index is 13.4. The van der Waals surface area contributed by atoms with E-state index in [1.165, 1.54) is 19.3 Å². The van der Waals surface area contributed by atoms with Gasteiger partial charge in [0.1, 0.15) is 18.1 Å². The van der Waals surface area contributed by atoms with Crippen molar-refractivity contribution in [3.8, 4) is 5.75 Å². The number of carbonyl (C=O) groups excluding carboxylic acids is 2. The molecule has 0 unspecified atom stereocenters. The third-order valence-electron chi connectivity index (χ3n) is 7.63. The first-order valence-electron chi connectivity index (χ1n) is 14.9. The smallest absolute Gasteiger partial charge is 0.410 e. The fraction of sp³-hybridized carbons (Fsp3) is 0.529. The molecule has 40 heavy (non-hydrogen) atoms. The molecule has 3 atom stereocenters. The highest BCUT2D eigenvalue weighted by molar-refractivity contribution is 5.75. The number of carbonyl (C=O) groups is 2. The molecule has 2 aromatic carbocycles. The van der Waals surface area contributed by atoms with Crippen LogP contribution in [0.3, 0.4) is 0 Å². The summed E-state index contributed by atoms with van der Waals surface area (Å²) < 4.78 is 17.4. The molecule has 3 rings (SSSR count). The van der Waals surface area contributed by atoms with Crippen molar-refractivity contribution >= 4 is 11.9 Å². The molecule has 1 saturated heterocycles. The molecular weight excluding hydrogens is 502 g/mol. The normalized spacial score (nSPS) is 19.1. The van der Waals surface area contributed by atoms with Crippen LogP contribution in [-0.2, 0) is 27.5 Å². The van der Waals surface area contributed by atoms with E-state index in [9.17, 15) is 9.59 Å². The van der Waals surface area contributed by atoms with Gasteiger partial charge in [-0.25, -0.2) is 4.79 Å². The van der Waals surface area contributed by atoms with Crippen LogP contribution in [0.5, 0.6) is 5.75 Å². The summed E-state index contributed by atoms with van der Waals surface area (Å²) in [5.41, 5.74) is 2.05. The number of unbranched alkanes of at least 4 members (excludes halogenated alkanes) is 6. The quantitative estimate of drug-likeness (QED) is 0.157. The molecule has 0 N–H and O–H groups in total. The first-order chi connectivity index (χ1) is 19.5. The van der Waals surface area contributed by atoms with Gasteiger partial charge in [-0.2, -0.15) is 0 Å². The molecule has 0 saturated carbocycles. The van der Waals surface area contributed by atoms with Crippen LogP contribution in [0.1, 0.15) is 89.2 Å². The molecule has 0 radical (unpaired) electrons. The van der Waals surface area contributed by atoms with Crippen LogP contribution in [-0.4, -0.2) is 42.1 Å². The minimum atomic E-state index is -0.297. The number of allylic oxidation sites excluding steroid dienone is 1. The number of benzene rings is 2. The van der Waals surface area contributed by atoms with Crippen LogP contribution in [0.2, 0.25) is 0 Å². The first kappa shape index (κ1) is 31.4. The second-order valence-electron chi connectivity index (χ2n) is 10.8. The zero-order chi connectivity index (χ0) is 28.6. The molecular formula is C34H47NO5. The number of hydrogen-bond donors (Lipinski definition) is 0. The summed E-state index contributed by atoms with van der Waals surface area (Å²) in [6.07, 6.45) is 14.3. The van der Waals surface area contributed by atoms with Gasteiger partial charge >= 0.3 is 6.09 Å². The van der Waals surface area contributed by atoms with Gasteiger partial charge in [-0.1, -0.05) is 80.3 Å². The van der Waals surface area contributed by atoms with E-state index in [0.29, 0.717) is 13.0 Å². The predicted octanol–water partition coefficient (Wildman–Crippen LogP) is 8.04. The number of rotatable bonds is 16. The molecule has 0 spiro atoms. The van der Waals surface area contributed by atoms with Crippen molar-refractivity contribution in [3.05, 3.63) is 77.9 Å². The van der Waals surface area contributed by atoms with E-state index in [4.69, 9.17) is 14.2 Å². The summed E-state index contributed by atoms with van der Waals surface area (Å²) >= 11 is 0. The first-order valence-corrected chi connectivity index (χ1v) is 14.9. The number of ether oxygens (including phenoxy) is 3. The maximum atomic E-state index is 13.4. The van der Waals surface area contributed by atoms with E-state index in [2.05, 4.69) is 19.1 Å². The van der Waals surface area contributed by atoms with Crippen LogP contribution >= 0.6 is 0 Å². The van der Waals surface area contributed by atoms with Gasteiger partial charge in [0.15, 0.2) is 0 Å². The summed E-state index contributed by atoms with van der Waals surface area (Å²) in [6, 6.07) is 17.6. The molecule has 0 aromatic heterocycles. The Bertz CT molecular complexity index is 1040. The minimum Gasteiger partial charge on any atom is -0.497 e. The number of methoxy groups -OCH3 is 1. The van der Waals surface area contributed by atoms with E-state index >= 15 is 0 Å². The van der Waals surface area contributed by atoms with Gasteiger partial charge in [-0.15, -0.1) is 0 Å². The monoisotopic (exact) mass is 549 g/mol. The average Bonchev–Trinajstić information content (AvgIpc) is 2.97. The average molecular weight is 550 g/mol. The predicted molar refractivity (Wildman–Crippen MR) is 159 cm³/mol. The van der Waals surface area contributed by atoms with Crippen molar-refractivity contribution in [2.45, 2.75) is 109 Å². The summed E-state index contributed by atoms with van der Waals surface area (Å²) in [6.45, 7) is 4.47. The largest absolute Gasteiger partial charge is 0.497 e. The third kappa shape index (κ3) is 10.8. The zero-order valence-electron chi connectivity index (χ0n) is 24.6. The number of nitrogens with zero attached hydrogens (tertiary/aromatic N) is 1. The van der Waals surface area contributed by atoms with Crippen molar-refractivity contribution < 1.29 is 23.8 Å². The van der Waals surface area contributed by atoms with Gasteiger partial charge in [0.05, 0.1) is 31.9 Å². The van der Waals surface area contributed by atoms with Gasteiger partial charge in [0.25, 0.3) is 0 Å². The Balaban J connectivity index is 1.53. The zero-order valence-corrected chi connectivity index (χ0v) is 24.6. The Morgan fingerprint density at radius 2 is 1.55 bits per heavy atom. The molecule has 1 aliphatic rings. The van der Waals surface area contributed by atoms with Crippen LogP contribution in [0.4, 0.5) is 4.79 Å². The minimum absolute atomic E-state index is 0.00862. The van der Waals surface area contributed by atoms with Gasteiger partial charge in [-0.3, -0.25) is 4.90 Å². The van der Waals surface area contributed by atoms with E-state index in [1.807, 2.05) is 59.5 Å².